The second-order valence-electron chi connectivity index (χ2n) is 3.25. The van der Waals surface area contributed by atoms with Crippen molar-refractivity contribution in [3.63, 3.8) is 0 Å². The molecule has 0 bridgehead atoms. The molecule has 0 aliphatic heterocycles. The molecule has 9 heteroatoms. The lowest BCUT2D eigenvalue weighted by Crippen LogP contribution is -2.00. The highest BCUT2D eigenvalue weighted by molar-refractivity contribution is 5.84. The zero-order valence-electron chi connectivity index (χ0n) is 8.65. The predicted molar refractivity (Wildman–Crippen MR) is 54.9 cm³/mol. The number of aromatic nitrogens is 3. The first kappa shape index (κ1) is 11.6. The van der Waals surface area contributed by atoms with Crippen molar-refractivity contribution in [2.24, 2.45) is 0 Å². The number of hydrogen-bond donors (Lipinski definition) is 1. The molecule has 0 fully saturated rings. The van der Waals surface area contributed by atoms with Crippen LogP contribution < -0.4 is 0 Å². The number of rotatable bonds is 3. The highest BCUT2D eigenvalue weighted by Crippen LogP contribution is 2.19. The van der Waals surface area contributed by atoms with Gasteiger partial charge in [0.2, 0.25) is 0 Å². The minimum atomic E-state index is -1.30. The summed E-state index contributed by atoms with van der Waals surface area (Å²) in [6.45, 7) is 0. The molecule has 0 radical (unpaired) electrons. The number of benzene rings is 1. The summed E-state index contributed by atoms with van der Waals surface area (Å²) in [6, 6.07) is 2.92. The molecule has 1 N–H and O–H groups in total. The summed E-state index contributed by atoms with van der Waals surface area (Å²) in [7, 11) is 0. The van der Waals surface area contributed by atoms with Gasteiger partial charge in [-0.2, -0.15) is 0 Å². The molecule has 8 nitrogen and oxygen atoms in total. The molecule has 2 aromatic rings. The molecular formula is C9H5FN4O4. The van der Waals surface area contributed by atoms with Gasteiger partial charge in [-0.05, 0) is 6.07 Å². The molecule has 0 saturated carbocycles. The van der Waals surface area contributed by atoms with Crippen molar-refractivity contribution in [2.45, 2.75) is 0 Å². The van der Waals surface area contributed by atoms with E-state index in [0.29, 0.717) is 0 Å². The Bertz CT molecular complexity index is 639. The van der Waals surface area contributed by atoms with Crippen molar-refractivity contribution in [2.75, 3.05) is 0 Å². The number of carboxylic acid groups (broad SMARTS) is 1. The summed E-state index contributed by atoms with van der Waals surface area (Å²) in [5.74, 6) is -2.20. The number of nitro benzene ring substituents is 1. The number of carbonyl (C=O) groups is 1. The van der Waals surface area contributed by atoms with Gasteiger partial charge in [0, 0.05) is 6.07 Å². The third-order valence-electron chi connectivity index (χ3n) is 2.10. The van der Waals surface area contributed by atoms with Crippen LogP contribution in [-0.4, -0.2) is 31.0 Å². The minimum absolute atomic E-state index is 0.124. The Morgan fingerprint density at radius 1 is 1.50 bits per heavy atom. The SMILES string of the molecule is O=C(O)c1cn(-c2ccc([N+](=O)[O-])cc2F)nn1. The van der Waals surface area contributed by atoms with Crippen LogP contribution in [0, 0.1) is 15.9 Å². The van der Waals surface area contributed by atoms with Crippen molar-refractivity contribution in [1.29, 1.82) is 0 Å². The Morgan fingerprint density at radius 3 is 2.72 bits per heavy atom. The van der Waals surface area contributed by atoms with E-state index in [1.165, 1.54) is 0 Å². The van der Waals surface area contributed by atoms with Crippen LogP contribution in [0.1, 0.15) is 10.5 Å². The highest BCUT2D eigenvalue weighted by Gasteiger charge is 2.15. The van der Waals surface area contributed by atoms with Gasteiger partial charge in [0.05, 0.1) is 17.2 Å². The summed E-state index contributed by atoms with van der Waals surface area (Å²) in [4.78, 5) is 20.3. The van der Waals surface area contributed by atoms with Crippen LogP contribution in [0.15, 0.2) is 24.4 Å². The van der Waals surface area contributed by atoms with E-state index in [9.17, 15) is 19.3 Å². The van der Waals surface area contributed by atoms with E-state index in [1.807, 2.05) is 0 Å². The molecule has 0 spiro atoms. The van der Waals surface area contributed by atoms with Gasteiger partial charge in [0.25, 0.3) is 5.69 Å². The Kier molecular flexibility index (Phi) is 2.72. The fraction of sp³-hybridized carbons (Fsp3) is 0. The lowest BCUT2D eigenvalue weighted by Gasteiger charge is -2.01. The van der Waals surface area contributed by atoms with Gasteiger partial charge in [0.1, 0.15) is 5.69 Å². The van der Waals surface area contributed by atoms with E-state index < -0.39 is 22.4 Å². The van der Waals surface area contributed by atoms with Crippen molar-refractivity contribution in [1.82, 2.24) is 15.0 Å². The maximum Gasteiger partial charge on any atom is 0.358 e. The molecule has 0 aliphatic carbocycles. The smallest absolute Gasteiger partial charge is 0.358 e. The number of aromatic carboxylic acids is 1. The summed E-state index contributed by atoms with van der Waals surface area (Å²) in [6.07, 6.45) is 1.01. The first-order valence-electron chi connectivity index (χ1n) is 4.59. The third-order valence-corrected chi connectivity index (χ3v) is 2.10. The lowest BCUT2D eigenvalue weighted by atomic mass is 10.2. The quantitative estimate of drug-likeness (QED) is 0.644. The zero-order chi connectivity index (χ0) is 13.3. The zero-order valence-corrected chi connectivity index (χ0v) is 8.65. The Balaban J connectivity index is 2.44. The Hall–Kier alpha value is -2.84. The normalized spacial score (nSPS) is 10.3. The fourth-order valence-electron chi connectivity index (χ4n) is 1.27. The van der Waals surface area contributed by atoms with Crippen LogP contribution in [0.5, 0.6) is 0 Å². The fourth-order valence-corrected chi connectivity index (χ4v) is 1.27. The van der Waals surface area contributed by atoms with Gasteiger partial charge in [-0.15, -0.1) is 5.10 Å². The van der Waals surface area contributed by atoms with Gasteiger partial charge in [0.15, 0.2) is 11.5 Å². The molecule has 92 valence electrons. The van der Waals surface area contributed by atoms with Gasteiger partial charge in [-0.3, -0.25) is 10.1 Å². The number of non-ortho nitro benzene ring substituents is 1. The van der Waals surface area contributed by atoms with E-state index >= 15 is 0 Å². The predicted octanol–water partition coefficient (Wildman–Crippen LogP) is 1.01. The largest absolute Gasteiger partial charge is 0.476 e. The molecule has 18 heavy (non-hydrogen) atoms. The average Bonchev–Trinajstić information content (AvgIpc) is 2.78. The molecule has 0 aliphatic rings. The van der Waals surface area contributed by atoms with Crippen molar-refractivity contribution >= 4 is 11.7 Å². The highest BCUT2D eigenvalue weighted by atomic mass is 19.1. The summed E-state index contributed by atoms with van der Waals surface area (Å²) < 4.78 is 14.5. The molecule has 2 rings (SSSR count). The second-order valence-corrected chi connectivity index (χ2v) is 3.25. The number of carboxylic acids is 1. The van der Waals surface area contributed by atoms with Crippen LogP contribution >= 0.6 is 0 Å². The molecule has 1 heterocycles. The maximum absolute atomic E-state index is 13.6. The molecule has 1 aromatic heterocycles. The van der Waals surface area contributed by atoms with Crippen LogP contribution in [0.4, 0.5) is 10.1 Å². The van der Waals surface area contributed by atoms with E-state index in [1.54, 1.807) is 0 Å². The first-order chi connectivity index (χ1) is 8.49. The molecule has 0 amide bonds. The Labute approximate surface area is 98.4 Å². The molecule has 0 unspecified atom stereocenters. The summed E-state index contributed by atoms with van der Waals surface area (Å²) >= 11 is 0. The van der Waals surface area contributed by atoms with Crippen molar-refractivity contribution in [3.8, 4) is 5.69 Å². The van der Waals surface area contributed by atoms with E-state index in [0.717, 1.165) is 29.1 Å². The third kappa shape index (κ3) is 2.00. The van der Waals surface area contributed by atoms with Gasteiger partial charge < -0.3 is 5.11 Å². The van der Waals surface area contributed by atoms with Gasteiger partial charge >= 0.3 is 5.97 Å². The van der Waals surface area contributed by atoms with E-state index in [4.69, 9.17) is 5.11 Å². The van der Waals surface area contributed by atoms with Crippen molar-refractivity contribution < 1.29 is 19.2 Å². The Morgan fingerprint density at radius 2 is 2.22 bits per heavy atom. The molecule has 0 saturated heterocycles. The summed E-state index contributed by atoms with van der Waals surface area (Å²) in [5.41, 5.74) is -0.886. The topological polar surface area (TPSA) is 111 Å². The van der Waals surface area contributed by atoms with Crippen molar-refractivity contribution in [3.05, 3.63) is 46.0 Å². The van der Waals surface area contributed by atoms with Crippen LogP contribution in [0.3, 0.4) is 0 Å². The summed E-state index contributed by atoms with van der Waals surface area (Å²) in [5, 5.41) is 25.8. The lowest BCUT2D eigenvalue weighted by molar-refractivity contribution is -0.385. The number of nitro groups is 1. The standard InChI is InChI=1S/C9H5FN4O4/c10-6-3-5(14(17)18)1-2-8(6)13-4-7(9(15)16)11-12-13/h1-4H,(H,15,16). The maximum atomic E-state index is 13.6. The number of halogens is 1. The van der Waals surface area contributed by atoms with Crippen LogP contribution in [0.2, 0.25) is 0 Å². The van der Waals surface area contributed by atoms with Gasteiger partial charge in [-0.1, -0.05) is 5.21 Å². The number of hydrogen-bond acceptors (Lipinski definition) is 5. The monoisotopic (exact) mass is 252 g/mol. The number of nitrogens with zero attached hydrogens (tertiary/aromatic N) is 4. The molecular weight excluding hydrogens is 247 g/mol. The first-order valence-corrected chi connectivity index (χ1v) is 4.59. The van der Waals surface area contributed by atoms with Crippen LogP contribution in [0.25, 0.3) is 5.69 Å². The van der Waals surface area contributed by atoms with E-state index in [-0.39, 0.29) is 11.4 Å². The van der Waals surface area contributed by atoms with E-state index in [2.05, 4.69) is 10.3 Å². The van der Waals surface area contributed by atoms with Crippen LogP contribution in [-0.2, 0) is 0 Å². The van der Waals surface area contributed by atoms with Gasteiger partial charge in [-0.25, -0.2) is 13.9 Å². The minimum Gasteiger partial charge on any atom is -0.476 e. The molecule has 1 aromatic carbocycles. The second kappa shape index (κ2) is 4.20. The average molecular weight is 252 g/mol. The molecule has 0 atom stereocenters.